The molecule has 5 heteroatoms. The molecule has 1 aromatic rings. The molecular weight excluding hydrogens is 280 g/mol. The Hall–Kier alpha value is -1.59. The van der Waals surface area contributed by atoms with Crippen LogP contribution in [-0.4, -0.2) is 48.8 Å². The molecule has 22 heavy (non-hydrogen) atoms. The molecule has 122 valence electrons. The fourth-order valence-electron chi connectivity index (χ4n) is 2.66. The van der Waals surface area contributed by atoms with E-state index in [0.29, 0.717) is 26.0 Å². The number of benzene rings is 1. The molecule has 0 atom stereocenters. The molecule has 0 saturated heterocycles. The lowest BCUT2D eigenvalue weighted by Gasteiger charge is -2.21. The third kappa shape index (κ3) is 4.45. The number of ether oxygens (including phenoxy) is 1. The van der Waals surface area contributed by atoms with Crippen LogP contribution in [0.1, 0.15) is 31.2 Å². The minimum absolute atomic E-state index is 0.270. The van der Waals surface area contributed by atoms with E-state index in [1.165, 1.54) is 0 Å². The quantitative estimate of drug-likeness (QED) is 0.802. The molecule has 0 unspecified atom stereocenters. The van der Waals surface area contributed by atoms with Gasteiger partial charge in [0.25, 0.3) is 5.91 Å². The third-order valence-corrected chi connectivity index (χ3v) is 4.06. The van der Waals surface area contributed by atoms with Crippen molar-refractivity contribution in [2.45, 2.75) is 37.8 Å². The van der Waals surface area contributed by atoms with Crippen LogP contribution in [0.15, 0.2) is 24.3 Å². The molecule has 1 fully saturated rings. The van der Waals surface area contributed by atoms with Gasteiger partial charge in [-0.1, -0.05) is 18.2 Å². The maximum atomic E-state index is 12.1. The maximum absolute atomic E-state index is 12.1. The summed E-state index contributed by atoms with van der Waals surface area (Å²) in [6, 6.07) is 7.68. The molecule has 0 bridgehead atoms. The number of carbonyl (C=O) groups is 1. The predicted molar refractivity (Wildman–Crippen MR) is 85.8 cm³/mol. The largest absolute Gasteiger partial charge is 0.492 e. The molecule has 0 spiro atoms. The summed E-state index contributed by atoms with van der Waals surface area (Å²) in [5.41, 5.74) is -0.253. The van der Waals surface area contributed by atoms with E-state index in [1.807, 2.05) is 38.4 Å². The molecule has 5 nitrogen and oxygen atoms in total. The van der Waals surface area contributed by atoms with Gasteiger partial charge in [-0.2, -0.15) is 0 Å². The molecule has 0 radical (unpaired) electrons. The highest BCUT2D eigenvalue weighted by Crippen LogP contribution is 2.29. The van der Waals surface area contributed by atoms with Crippen molar-refractivity contribution in [3.63, 3.8) is 0 Å². The standard InChI is InChI=1S/C17H26N2O3/c1-19(2)11-12-22-15-8-4-3-7-14(15)13-18-16(20)17(21)9-5-6-10-17/h3-4,7-8,21H,5-6,9-13H2,1-2H3,(H,18,20). The Balaban J connectivity index is 1.90. The maximum Gasteiger partial charge on any atom is 0.252 e. The van der Waals surface area contributed by atoms with Gasteiger partial charge in [0, 0.05) is 18.7 Å². The molecule has 0 heterocycles. The molecular formula is C17H26N2O3. The van der Waals surface area contributed by atoms with Gasteiger partial charge in [-0.3, -0.25) is 4.79 Å². The van der Waals surface area contributed by atoms with Crippen molar-refractivity contribution in [3.8, 4) is 5.75 Å². The predicted octanol–water partition coefficient (Wildman–Crippen LogP) is 1.55. The molecule has 1 aliphatic rings. The molecule has 2 rings (SSSR count). The molecule has 1 saturated carbocycles. The summed E-state index contributed by atoms with van der Waals surface area (Å²) in [6.07, 6.45) is 2.93. The number of amides is 1. The van der Waals surface area contributed by atoms with Gasteiger partial charge in [0.05, 0.1) is 0 Å². The van der Waals surface area contributed by atoms with Gasteiger partial charge < -0.3 is 20.1 Å². The Labute approximate surface area is 132 Å². The Morgan fingerprint density at radius 1 is 1.32 bits per heavy atom. The van der Waals surface area contributed by atoms with E-state index in [4.69, 9.17) is 4.74 Å². The number of hydrogen-bond donors (Lipinski definition) is 2. The van der Waals surface area contributed by atoms with Crippen LogP contribution in [0.5, 0.6) is 5.75 Å². The van der Waals surface area contributed by atoms with E-state index >= 15 is 0 Å². The normalized spacial score (nSPS) is 16.7. The first kappa shape index (κ1) is 16.8. The van der Waals surface area contributed by atoms with Crippen molar-refractivity contribution in [2.24, 2.45) is 0 Å². The Bertz CT molecular complexity index is 496. The first-order valence-electron chi connectivity index (χ1n) is 7.87. The van der Waals surface area contributed by atoms with Gasteiger partial charge in [0.15, 0.2) is 0 Å². The first-order valence-corrected chi connectivity index (χ1v) is 7.87. The van der Waals surface area contributed by atoms with Crippen LogP contribution >= 0.6 is 0 Å². The first-order chi connectivity index (χ1) is 10.5. The van der Waals surface area contributed by atoms with E-state index in [9.17, 15) is 9.90 Å². The summed E-state index contributed by atoms with van der Waals surface area (Å²) in [7, 11) is 4.00. The van der Waals surface area contributed by atoms with Gasteiger partial charge in [-0.05, 0) is 45.8 Å². The molecule has 0 aliphatic heterocycles. The highest BCUT2D eigenvalue weighted by molar-refractivity contribution is 5.85. The molecule has 1 aliphatic carbocycles. The van der Waals surface area contributed by atoms with Crippen LogP contribution in [0.2, 0.25) is 0 Å². The average Bonchev–Trinajstić information content (AvgIpc) is 2.93. The van der Waals surface area contributed by atoms with Crippen LogP contribution in [0, 0.1) is 0 Å². The number of rotatable bonds is 7. The van der Waals surface area contributed by atoms with E-state index in [2.05, 4.69) is 10.2 Å². The second kappa shape index (κ2) is 7.61. The number of hydrogen-bond acceptors (Lipinski definition) is 4. The summed E-state index contributed by atoms with van der Waals surface area (Å²) in [5, 5.41) is 13.1. The van der Waals surface area contributed by atoms with Crippen molar-refractivity contribution in [1.29, 1.82) is 0 Å². The number of para-hydroxylation sites is 1. The Kier molecular flexibility index (Phi) is 5.80. The summed E-state index contributed by atoms with van der Waals surface area (Å²) in [5.74, 6) is 0.510. The van der Waals surface area contributed by atoms with Gasteiger partial charge in [0.2, 0.25) is 0 Å². The van der Waals surface area contributed by atoms with Crippen LogP contribution in [0.3, 0.4) is 0 Å². The summed E-state index contributed by atoms with van der Waals surface area (Å²) >= 11 is 0. The highest BCUT2D eigenvalue weighted by Gasteiger charge is 2.38. The summed E-state index contributed by atoms with van der Waals surface area (Å²) < 4.78 is 5.78. The van der Waals surface area contributed by atoms with Crippen LogP contribution in [0.4, 0.5) is 0 Å². The van der Waals surface area contributed by atoms with Crippen molar-refractivity contribution >= 4 is 5.91 Å². The van der Waals surface area contributed by atoms with Gasteiger partial charge in [-0.25, -0.2) is 0 Å². The zero-order valence-corrected chi connectivity index (χ0v) is 13.5. The molecule has 0 aromatic heterocycles. The van der Waals surface area contributed by atoms with E-state index in [0.717, 1.165) is 30.7 Å². The minimum atomic E-state index is -1.18. The number of nitrogens with one attached hydrogen (secondary N) is 1. The summed E-state index contributed by atoms with van der Waals surface area (Å²) in [4.78, 5) is 14.2. The van der Waals surface area contributed by atoms with E-state index < -0.39 is 5.60 Å². The second-order valence-corrected chi connectivity index (χ2v) is 6.18. The van der Waals surface area contributed by atoms with Crippen LogP contribution < -0.4 is 10.1 Å². The molecule has 1 amide bonds. The highest BCUT2D eigenvalue weighted by atomic mass is 16.5. The fourth-order valence-corrected chi connectivity index (χ4v) is 2.66. The topological polar surface area (TPSA) is 61.8 Å². The molecule has 1 aromatic carbocycles. The lowest BCUT2D eigenvalue weighted by atomic mass is 10.0. The van der Waals surface area contributed by atoms with Crippen molar-refractivity contribution < 1.29 is 14.6 Å². The lowest BCUT2D eigenvalue weighted by molar-refractivity contribution is -0.139. The number of carbonyl (C=O) groups excluding carboxylic acids is 1. The van der Waals surface area contributed by atoms with Crippen LogP contribution in [0.25, 0.3) is 0 Å². The average molecular weight is 306 g/mol. The van der Waals surface area contributed by atoms with Crippen molar-refractivity contribution in [2.75, 3.05) is 27.2 Å². The fraction of sp³-hybridized carbons (Fsp3) is 0.588. The number of likely N-dealkylation sites (N-methyl/N-ethyl adjacent to an activating group) is 1. The molecule has 2 N–H and O–H groups in total. The van der Waals surface area contributed by atoms with Gasteiger partial charge in [-0.15, -0.1) is 0 Å². The Morgan fingerprint density at radius 3 is 2.68 bits per heavy atom. The van der Waals surface area contributed by atoms with E-state index in [-0.39, 0.29) is 5.91 Å². The number of nitrogens with zero attached hydrogens (tertiary/aromatic N) is 1. The van der Waals surface area contributed by atoms with E-state index in [1.54, 1.807) is 0 Å². The third-order valence-electron chi connectivity index (χ3n) is 4.06. The summed E-state index contributed by atoms with van der Waals surface area (Å²) in [6.45, 7) is 1.81. The second-order valence-electron chi connectivity index (χ2n) is 6.18. The monoisotopic (exact) mass is 306 g/mol. The lowest BCUT2D eigenvalue weighted by Crippen LogP contribution is -2.44. The van der Waals surface area contributed by atoms with Gasteiger partial charge >= 0.3 is 0 Å². The Morgan fingerprint density at radius 2 is 2.00 bits per heavy atom. The van der Waals surface area contributed by atoms with Crippen molar-refractivity contribution in [1.82, 2.24) is 10.2 Å². The number of aliphatic hydroxyl groups is 1. The zero-order chi connectivity index (χ0) is 16.0. The zero-order valence-electron chi connectivity index (χ0n) is 13.5. The van der Waals surface area contributed by atoms with Crippen LogP contribution in [-0.2, 0) is 11.3 Å². The van der Waals surface area contributed by atoms with Crippen molar-refractivity contribution in [3.05, 3.63) is 29.8 Å². The SMILES string of the molecule is CN(C)CCOc1ccccc1CNC(=O)C1(O)CCCC1. The minimum Gasteiger partial charge on any atom is -0.492 e. The van der Waals surface area contributed by atoms with Gasteiger partial charge in [0.1, 0.15) is 18.0 Å². The smallest absolute Gasteiger partial charge is 0.252 e.